The molecule has 3 N–H and O–H groups in total. The summed E-state index contributed by atoms with van der Waals surface area (Å²) >= 11 is 0. The summed E-state index contributed by atoms with van der Waals surface area (Å²) in [7, 11) is 0. The summed E-state index contributed by atoms with van der Waals surface area (Å²) in [6.07, 6.45) is 0. The summed E-state index contributed by atoms with van der Waals surface area (Å²) in [5, 5.41) is 25.5. The third kappa shape index (κ3) is 5.38. The summed E-state index contributed by atoms with van der Waals surface area (Å²) in [4.78, 5) is 46.2. The predicted octanol–water partition coefficient (Wildman–Crippen LogP) is 3.84. The number of rotatable bonds is 5. The number of amides is 2. The molecule has 0 aliphatic carbocycles. The Labute approximate surface area is 166 Å². The lowest BCUT2D eigenvalue weighted by atomic mass is 9.95. The van der Waals surface area contributed by atoms with Crippen LogP contribution in [0.5, 0.6) is 0 Å². The van der Waals surface area contributed by atoms with Gasteiger partial charge < -0.3 is 15.7 Å². The van der Waals surface area contributed by atoms with Gasteiger partial charge in [-0.2, -0.15) is 0 Å². The largest absolute Gasteiger partial charge is 0.478 e. The minimum absolute atomic E-state index is 0.167. The van der Waals surface area contributed by atoms with Gasteiger partial charge in [0.05, 0.1) is 10.5 Å². The van der Waals surface area contributed by atoms with Crippen LogP contribution in [0, 0.1) is 22.5 Å². The average Bonchev–Trinajstić information content (AvgIpc) is 2.63. The first kappa shape index (κ1) is 21.5. The first-order valence-corrected chi connectivity index (χ1v) is 8.64. The van der Waals surface area contributed by atoms with E-state index in [9.17, 15) is 24.5 Å². The monoisotopic (exact) mass is 399 g/mol. The van der Waals surface area contributed by atoms with Gasteiger partial charge >= 0.3 is 5.97 Å². The van der Waals surface area contributed by atoms with Crippen molar-refractivity contribution < 1.29 is 24.4 Å². The zero-order chi connectivity index (χ0) is 21.9. The van der Waals surface area contributed by atoms with E-state index in [-0.39, 0.29) is 17.0 Å². The molecule has 0 atom stereocenters. The molecule has 0 radical (unpaired) electrons. The maximum absolute atomic E-state index is 12.6. The minimum Gasteiger partial charge on any atom is -0.478 e. The zero-order valence-corrected chi connectivity index (χ0v) is 16.4. The van der Waals surface area contributed by atoms with E-state index in [0.717, 1.165) is 18.2 Å². The van der Waals surface area contributed by atoms with Gasteiger partial charge in [0.25, 0.3) is 11.6 Å². The van der Waals surface area contributed by atoms with E-state index >= 15 is 0 Å². The second kappa shape index (κ2) is 8.09. The molecule has 0 bridgehead atoms. The van der Waals surface area contributed by atoms with Crippen molar-refractivity contribution in [3.63, 3.8) is 0 Å². The lowest BCUT2D eigenvalue weighted by Crippen LogP contribution is -2.27. The summed E-state index contributed by atoms with van der Waals surface area (Å²) < 4.78 is 0. The Kier molecular flexibility index (Phi) is 6.01. The van der Waals surface area contributed by atoms with Crippen molar-refractivity contribution in [2.75, 3.05) is 10.6 Å². The molecule has 9 heteroatoms. The van der Waals surface area contributed by atoms with Crippen LogP contribution in [0.3, 0.4) is 0 Å². The Bertz CT molecular complexity index is 976. The van der Waals surface area contributed by atoms with Gasteiger partial charge in [-0.25, -0.2) is 4.79 Å². The fourth-order valence-corrected chi connectivity index (χ4v) is 2.32. The molecule has 0 heterocycles. The van der Waals surface area contributed by atoms with E-state index in [1.54, 1.807) is 45.9 Å². The quantitative estimate of drug-likeness (QED) is 0.516. The molecule has 0 aliphatic heterocycles. The van der Waals surface area contributed by atoms with E-state index in [4.69, 9.17) is 5.11 Å². The molecule has 152 valence electrons. The SMILES string of the molecule is Cc1ccc(NC(=O)C(C)(C)C)cc1NC(=O)c1cc(C(=O)O)cc([N+](=O)[O-])c1. The molecule has 9 nitrogen and oxygen atoms in total. The molecule has 0 aliphatic rings. The minimum atomic E-state index is -1.38. The number of carbonyl (C=O) groups is 3. The number of carboxylic acid groups (broad SMARTS) is 1. The van der Waals surface area contributed by atoms with E-state index < -0.39 is 27.9 Å². The maximum Gasteiger partial charge on any atom is 0.335 e. The van der Waals surface area contributed by atoms with Gasteiger partial charge in [-0.1, -0.05) is 26.8 Å². The number of aromatic carboxylic acids is 1. The Morgan fingerprint density at radius 2 is 1.62 bits per heavy atom. The number of non-ortho nitro benzene ring substituents is 1. The molecule has 2 amide bonds. The molecule has 0 fully saturated rings. The predicted molar refractivity (Wildman–Crippen MR) is 107 cm³/mol. The highest BCUT2D eigenvalue weighted by Gasteiger charge is 2.22. The second-order valence-corrected chi connectivity index (χ2v) is 7.52. The molecule has 29 heavy (non-hydrogen) atoms. The van der Waals surface area contributed by atoms with E-state index in [1.807, 2.05) is 0 Å². The highest BCUT2D eigenvalue weighted by Crippen LogP contribution is 2.24. The van der Waals surface area contributed by atoms with Crippen LogP contribution in [-0.2, 0) is 4.79 Å². The van der Waals surface area contributed by atoms with Crippen LogP contribution in [0.15, 0.2) is 36.4 Å². The Morgan fingerprint density at radius 1 is 1.00 bits per heavy atom. The molecule has 2 rings (SSSR count). The van der Waals surface area contributed by atoms with Crippen LogP contribution in [0.25, 0.3) is 0 Å². The first-order chi connectivity index (χ1) is 13.4. The maximum atomic E-state index is 12.6. The Morgan fingerprint density at radius 3 is 2.17 bits per heavy atom. The normalized spacial score (nSPS) is 10.9. The average molecular weight is 399 g/mol. The molecule has 0 unspecified atom stereocenters. The molecule has 2 aromatic rings. The number of nitrogens with one attached hydrogen (secondary N) is 2. The molecule has 0 spiro atoms. The smallest absolute Gasteiger partial charge is 0.335 e. The highest BCUT2D eigenvalue weighted by atomic mass is 16.6. The number of hydrogen-bond donors (Lipinski definition) is 3. The van der Waals surface area contributed by atoms with Gasteiger partial charge in [0.15, 0.2) is 0 Å². The van der Waals surface area contributed by atoms with Crippen LogP contribution < -0.4 is 10.6 Å². The fourth-order valence-electron chi connectivity index (χ4n) is 2.32. The number of carbonyl (C=O) groups excluding carboxylic acids is 2. The number of anilines is 2. The van der Waals surface area contributed by atoms with Crippen molar-refractivity contribution in [1.29, 1.82) is 0 Å². The van der Waals surface area contributed by atoms with Crippen molar-refractivity contribution in [2.24, 2.45) is 5.41 Å². The summed E-state index contributed by atoms with van der Waals surface area (Å²) in [5.74, 6) is -2.30. The van der Waals surface area contributed by atoms with Crippen LogP contribution in [0.4, 0.5) is 17.1 Å². The Hall–Kier alpha value is -3.75. The summed E-state index contributed by atoms with van der Waals surface area (Å²) in [5.41, 5.74) is -0.104. The number of nitro benzene ring substituents is 1. The summed E-state index contributed by atoms with van der Waals surface area (Å²) in [6, 6.07) is 7.89. The van der Waals surface area contributed by atoms with Crippen molar-refractivity contribution in [1.82, 2.24) is 0 Å². The number of hydrogen-bond acceptors (Lipinski definition) is 5. The Balaban J connectivity index is 2.33. The fraction of sp³-hybridized carbons (Fsp3) is 0.250. The number of aryl methyl sites for hydroxylation is 1. The lowest BCUT2D eigenvalue weighted by molar-refractivity contribution is -0.384. The number of nitro groups is 1. The second-order valence-electron chi connectivity index (χ2n) is 7.52. The first-order valence-electron chi connectivity index (χ1n) is 8.64. The van der Waals surface area contributed by atoms with Gasteiger partial charge in [0, 0.05) is 34.5 Å². The molecular formula is C20H21N3O6. The molecular weight excluding hydrogens is 378 g/mol. The highest BCUT2D eigenvalue weighted by molar-refractivity contribution is 6.07. The number of carboxylic acids is 1. The van der Waals surface area contributed by atoms with Gasteiger partial charge in [-0.05, 0) is 30.7 Å². The van der Waals surface area contributed by atoms with Crippen molar-refractivity contribution >= 4 is 34.8 Å². The topological polar surface area (TPSA) is 139 Å². The van der Waals surface area contributed by atoms with E-state index in [2.05, 4.69) is 10.6 Å². The zero-order valence-electron chi connectivity index (χ0n) is 16.4. The summed E-state index contributed by atoms with van der Waals surface area (Å²) in [6.45, 7) is 7.03. The third-order valence-corrected chi connectivity index (χ3v) is 4.06. The standard InChI is InChI=1S/C20H21N3O6/c1-11-5-6-14(21-19(27)20(2,3)4)10-16(11)22-17(24)12-7-13(18(25)26)9-15(8-12)23(28)29/h5-10H,1-4H3,(H,21,27)(H,22,24)(H,25,26). The van der Waals surface area contributed by atoms with Gasteiger partial charge in [-0.3, -0.25) is 19.7 Å². The van der Waals surface area contributed by atoms with Crippen molar-refractivity contribution in [3.05, 3.63) is 63.2 Å². The molecule has 0 aromatic heterocycles. The van der Waals surface area contributed by atoms with Gasteiger partial charge in [0.1, 0.15) is 0 Å². The molecule has 2 aromatic carbocycles. The van der Waals surface area contributed by atoms with Gasteiger partial charge in [-0.15, -0.1) is 0 Å². The number of benzene rings is 2. The van der Waals surface area contributed by atoms with Crippen LogP contribution in [0.2, 0.25) is 0 Å². The van der Waals surface area contributed by atoms with Crippen molar-refractivity contribution in [3.8, 4) is 0 Å². The van der Waals surface area contributed by atoms with Crippen LogP contribution >= 0.6 is 0 Å². The van der Waals surface area contributed by atoms with Crippen molar-refractivity contribution in [2.45, 2.75) is 27.7 Å². The van der Waals surface area contributed by atoms with Crippen LogP contribution in [-0.4, -0.2) is 27.8 Å². The third-order valence-electron chi connectivity index (χ3n) is 4.06. The molecule has 0 saturated carbocycles. The van der Waals surface area contributed by atoms with E-state index in [0.29, 0.717) is 16.9 Å². The van der Waals surface area contributed by atoms with Crippen LogP contribution in [0.1, 0.15) is 47.1 Å². The number of nitrogens with zero attached hydrogens (tertiary/aromatic N) is 1. The van der Waals surface area contributed by atoms with Gasteiger partial charge in [0.2, 0.25) is 5.91 Å². The lowest BCUT2D eigenvalue weighted by Gasteiger charge is -2.18. The molecule has 0 saturated heterocycles. The van der Waals surface area contributed by atoms with E-state index in [1.165, 1.54) is 0 Å².